The number of carbonyl (C=O) groups excluding carboxylic acids is 1. The molecule has 34 heavy (non-hydrogen) atoms. The molecule has 0 spiro atoms. The molecular weight excluding hydrogens is 436 g/mol. The number of carbonyl (C=O) groups is 1. The molecule has 0 bridgehead atoms. The first kappa shape index (κ1) is 22.9. The number of hydrogen-bond donors (Lipinski definition) is 0. The van der Waals surface area contributed by atoms with Crippen LogP contribution in [0.15, 0.2) is 83.4 Å². The number of aromatic nitrogens is 1. The second-order valence-corrected chi connectivity index (χ2v) is 7.81. The second kappa shape index (κ2) is 10.5. The number of amides is 1. The molecule has 0 saturated carbocycles. The summed E-state index contributed by atoms with van der Waals surface area (Å²) in [5.41, 5.74) is 2.77. The normalized spacial score (nSPS) is 10.6. The van der Waals surface area contributed by atoms with Gasteiger partial charge in [0.2, 0.25) is 5.91 Å². The van der Waals surface area contributed by atoms with Crippen molar-refractivity contribution in [2.24, 2.45) is 0 Å². The molecule has 0 aliphatic carbocycles. The van der Waals surface area contributed by atoms with Gasteiger partial charge in [-0.2, -0.15) is 5.26 Å². The molecule has 3 aromatic carbocycles. The molecule has 0 aliphatic rings. The number of oxazole rings is 1. The van der Waals surface area contributed by atoms with Crippen molar-refractivity contribution in [1.29, 1.82) is 5.26 Å². The van der Waals surface area contributed by atoms with Crippen molar-refractivity contribution >= 4 is 5.91 Å². The Morgan fingerprint density at radius 1 is 0.941 bits per heavy atom. The molecule has 0 atom stereocenters. The van der Waals surface area contributed by atoms with Gasteiger partial charge in [0, 0.05) is 31.5 Å². The summed E-state index contributed by atoms with van der Waals surface area (Å²) in [6, 6.07) is 21.1. The molecular formula is C27H21F2N3O2. The van der Waals surface area contributed by atoms with E-state index >= 15 is 0 Å². The highest BCUT2D eigenvalue weighted by molar-refractivity contribution is 5.76. The number of nitriles is 1. The van der Waals surface area contributed by atoms with Gasteiger partial charge in [0.15, 0.2) is 11.7 Å². The zero-order chi connectivity index (χ0) is 23.9. The predicted molar refractivity (Wildman–Crippen MR) is 122 cm³/mol. The van der Waals surface area contributed by atoms with E-state index < -0.39 is 0 Å². The summed E-state index contributed by atoms with van der Waals surface area (Å²) in [6.07, 6.45) is 1.98. The van der Waals surface area contributed by atoms with E-state index in [4.69, 9.17) is 9.68 Å². The number of aryl methyl sites for hydroxylation is 1. The fourth-order valence-electron chi connectivity index (χ4n) is 3.54. The van der Waals surface area contributed by atoms with Crippen molar-refractivity contribution in [3.8, 4) is 17.4 Å². The van der Waals surface area contributed by atoms with E-state index in [2.05, 4.69) is 11.1 Å². The molecule has 170 valence electrons. The Labute approximate surface area is 195 Å². The molecule has 5 nitrogen and oxygen atoms in total. The van der Waals surface area contributed by atoms with Gasteiger partial charge in [-0.1, -0.05) is 24.3 Å². The van der Waals surface area contributed by atoms with Crippen LogP contribution in [-0.4, -0.2) is 15.8 Å². The first-order chi connectivity index (χ1) is 16.5. The van der Waals surface area contributed by atoms with Gasteiger partial charge in [0.25, 0.3) is 0 Å². The van der Waals surface area contributed by atoms with E-state index in [1.807, 2.05) is 0 Å². The fraction of sp³-hybridized carbons (Fsp3) is 0.148. The molecule has 1 heterocycles. The van der Waals surface area contributed by atoms with Crippen molar-refractivity contribution in [3.05, 3.63) is 113 Å². The van der Waals surface area contributed by atoms with Crippen molar-refractivity contribution in [2.45, 2.75) is 25.9 Å². The molecule has 0 saturated heterocycles. The largest absolute Gasteiger partial charge is 0.441 e. The van der Waals surface area contributed by atoms with Gasteiger partial charge in [-0.3, -0.25) is 4.79 Å². The van der Waals surface area contributed by atoms with Crippen molar-refractivity contribution in [1.82, 2.24) is 9.88 Å². The van der Waals surface area contributed by atoms with Crippen LogP contribution in [0.1, 0.15) is 29.0 Å². The van der Waals surface area contributed by atoms with Crippen LogP contribution >= 0.6 is 0 Å². The van der Waals surface area contributed by atoms with E-state index in [0.717, 1.165) is 5.56 Å². The monoisotopic (exact) mass is 457 g/mol. The SMILES string of the molecule is N#Cc1ccc(CN(Cc2cccc(F)c2)C(=O)CCc2ncc(-c3ccc(F)cc3)o2)cc1. The number of nitrogens with zero attached hydrogens (tertiary/aromatic N) is 3. The molecule has 0 N–H and O–H groups in total. The maximum atomic E-state index is 13.7. The van der Waals surface area contributed by atoms with Crippen molar-refractivity contribution < 1.29 is 18.0 Å². The fourth-order valence-corrected chi connectivity index (χ4v) is 3.54. The summed E-state index contributed by atoms with van der Waals surface area (Å²) in [5.74, 6) is 0.0506. The van der Waals surface area contributed by atoms with E-state index in [1.54, 1.807) is 59.6 Å². The average molecular weight is 457 g/mol. The highest BCUT2D eigenvalue weighted by Crippen LogP contribution is 2.22. The molecule has 0 fully saturated rings. The Morgan fingerprint density at radius 2 is 1.68 bits per heavy atom. The number of hydrogen-bond acceptors (Lipinski definition) is 4. The quantitative estimate of drug-likeness (QED) is 0.343. The summed E-state index contributed by atoms with van der Waals surface area (Å²) in [6.45, 7) is 0.552. The Balaban J connectivity index is 1.46. The minimum Gasteiger partial charge on any atom is -0.441 e. The van der Waals surface area contributed by atoms with Crippen LogP contribution in [-0.2, 0) is 24.3 Å². The number of halogens is 2. The van der Waals surface area contributed by atoms with Crippen LogP contribution < -0.4 is 0 Å². The van der Waals surface area contributed by atoms with Crippen LogP contribution in [0, 0.1) is 23.0 Å². The van der Waals surface area contributed by atoms with E-state index in [9.17, 15) is 13.6 Å². The minimum absolute atomic E-state index is 0.143. The predicted octanol–water partition coefficient (Wildman–Crippen LogP) is 5.65. The summed E-state index contributed by atoms with van der Waals surface area (Å²) >= 11 is 0. The summed E-state index contributed by atoms with van der Waals surface area (Å²) in [4.78, 5) is 19.0. The van der Waals surface area contributed by atoms with Gasteiger partial charge in [0.1, 0.15) is 11.6 Å². The Morgan fingerprint density at radius 3 is 2.38 bits per heavy atom. The third-order valence-electron chi connectivity index (χ3n) is 5.31. The molecule has 7 heteroatoms. The molecule has 4 aromatic rings. The standard InChI is InChI=1S/C27H21F2N3O2/c28-23-10-8-22(9-11-23)25-16-31-26(34-25)12-13-27(33)32(18-21-2-1-3-24(29)14-21)17-20-6-4-19(15-30)5-7-20/h1-11,14,16H,12-13,17-18H2. The lowest BCUT2D eigenvalue weighted by atomic mass is 10.1. The first-order valence-corrected chi connectivity index (χ1v) is 10.7. The van der Waals surface area contributed by atoms with Crippen LogP contribution in [0.5, 0.6) is 0 Å². The first-order valence-electron chi connectivity index (χ1n) is 10.7. The van der Waals surface area contributed by atoms with E-state index in [1.165, 1.54) is 24.3 Å². The average Bonchev–Trinajstić information content (AvgIpc) is 3.32. The third-order valence-corrected chi connectivity index (χ3v) is 5.31. The van der Waals surface area contributed by atoms with E-state index in [-0.39, 0.29) is 36.9 Å². The minimum atomic E-state index is -0.364. The Hall–Kier alpha value is -4.31. The lowest BCUT2D eigenvalue weighted by Gasteiger charge is -2.23. The number of rotatable bonds is 8. The van der Waals surface area contributed by atoms with Crippen molar-refractivity contribution in [2.75, 3.05) is 0 Å². The van der Waals surface area contributed by atoms with Crippen LogP contribution in [0.3, 0.4) is 0 Å². The molecule has 1 amide bonds. The van der Waals surface area contributed by atoms with Crippen LogP contribution in [0.2, 0.25) is 0 Å². The smallest absolute Gasteiger partial charge is 0.223 e. The lowest BCUT2D eigenvalue weighted by Crippen LogP contribution is -2.30. The highest BCUT2D eigenvalue weighted by atomic mass is 19.1. The molecule has 0 aliphatic heterocycles. The van der Waals surface area contributed by atoms with Gasteiger partial charge in [-0.25, -0.2) is 13.8 Å². The maximum absolute atomic E-state index is 13.7. The zero-order valence-electron chi connectivity index (χ0n) is 18.2. The van der Waals surface area contributed by atoms with Crippen molar-refractivity contribution in [3.63, 3.8) is 0 Å². The number of benzene rings is 3. The Bertz CT molecular complexity index is 1310. The second-order valence-electron chi connectivity index (χ2n) is 7.81. The molecule has 4 rings (SSSR count). The molecule has 0 unspecified atom stereocenters. The maximum Gasteiger partial charge on any atom is 0.223 e. The Kier molecular flexibility index (Phi) is 7.09. The van der Waals surface area contributed by atoms with Gasteiger partial charge in [0.05, 0.1) is 17.8 Å². The van der Waals surface area contributed by atoms with Gasteiger partial charge >= 0.3 is 0 Å². The van der Waals surface area contributed by atoms with E-state index in [0.29, 0.717) is 34.9 Å². The summed E-state index contributed by atoms with van der Waals surface area (Å²) in [7, 11) is 0. The molecule has 0 radical (unpaired) electrons. The summed E-state index contributed by atoms with van der Waals surface area (Å²) in [5, 5.41) is 9.00. The summed E-state index contributed by atoms with van der Waals surface area (Å²) < 4.78 is 32.6. The van der Waals surface area contributed by atoms with Crippen LogP contribution in [0.4, 0.5) is 8.78 Å². The molecule has 1 aromatic heterocycles. The van der Waals surface area contributed by atoms with Gasteiger partial charge in [-0.05, 0) is 59.7 Å². The zero-order valence-corrected chi connectivity index (χ0v) is 18.2. The van der Waals surface area contributed by atoms with Crippen LogP contribution in [0.25, 0.3) is 11.3 Å². The third kappa shape index (κ3) is 5.93. The highest BCUT2D eigenvalue weighted by Gasteiger charge is 2.17. The lowest BCUT2D eigenvalue weighted by molar-refractivity contribution is -0.132. The van der Waals surface area contributed by atoms with Gasteiger partial charge < -0.3 is 9.32 Å². The topological polar surface area (TPSA) is 70.1 Å². The van der Waals surface area contributed by atoms with Gasteiger partial charge in [-0.15, -0.1) is 0 Å².